The average molecular weight is 494 g/mol. The Balaban J connectivity index is 1.71. The van der Waals surface area contributed by atoms with Gasteiger partial charge in [0, 0.05) is 17.3 Å². The number of hydrogen-bond donors (Lipinski definition) is 1. The normalized spacial score (nSPS) is 16.8. The molecular weight excluding hydrogens is 466 g/mol. The first kappa shape index (κ1) is 24.1. The molecule has 0 saturated carbocycles. The predicted octanol–water partition coefficient (Wildman–Crippen LogP) is 6.26. The smallest absolute Gasteiger partial charge is 0.300 e. The van der Waals surface area contributed by atoms with E-state index in [0.717, 1.165) is 17.2 Å². The summed E-state index contributed by atoms with van der Waals surface area (Å²) in [5, 5.41) is 13.3. The molecule has 1 saturated heterocycles. The van der Waals surface area contributed by atoms with Crippen LogP contribution >= 0.6 is 0 Å². The number of anilines is 1. The number of aliphatic hydroxyl groups is 1. The topological polar surface area (TPSA) is 76.1 Å². The van der Waals surface area contributed by atoms with Crippen LogP contribution in [0.3, 0.4) is 0 Å². The summed E-state index contributed by atoms with van der Waals surface area (Å²) < 4.78 is 11.1. The maximum atomic E-state index is 13.5. The minimum absolute atomic E-state index is 0.0337. The summed E-state index contributed by atoms with van der Waals surface area (Å²) in [6, 6.07) is 26.5. The number of nitrogens with zero attached hydrogens (tertiary/aromatic N) is 1. The molecule has 1 atom stereocenters. The molecule has 6 nitrogen and oxygen atoms in total. The molecule has 6 heteroatoms. The molecule has 4 aromatic rings. The Morgan fingerprint density at radius 1 is 0.892 bits per heavy atom. The molecule has 0 aliphatic carbocycles. The molecule has 1 amide bonds. The first-order valence-electron chi connectivity index (χ1n) is 12.2. The monoisotopic (exact) mass is 493 g/mol. The van der Waals surface area contributed by atoms with Crippen LogP contribution in [0.4, 0.5) is 5.69 Å². The van der Waals surface area contributed by atoms with Crippen molar-refractivity contribution in [3.05, 3.63) is 108 Å². The third-order valence-electron chi connectivity index (χ3n) is 6.49. The number of benzene rings is 4. The number of amides is 1. The number of ketones is 1. The molecule has 0 aromatic heterocycles. The number of aliphatic hydroxyl groups excluding tert-OH is 1. The van der Waals surface area contributed by atoms with Crippen LogP contribution in [0.15, 0.2) is 96.6 Å². The summed E-state index contributed by atoms with van der Waals surface area (Å²) in [6.45, 7) is 2.62. The van der Waals surface area contributed by atoms with Crippen molar-refractivity contribution < 1.29 is 24.2 Å². The number of Topliss-reactive ketones (excluding diaryl/α,β-unsaturated/α-hetero) is 1. The highest BCUT2D eigenvalue weighted by atomic mass is 16.5. The van der Waals surface area contributed by atoms with Gasteiger partial charge in [-0.1, -0.05) is 67.6 Å². The zero-order valence-electron chi connectivity index (χ0n) is 20.7. The molecule has 1 aliphatic rings. The second-order valence-electron chi connectivity index (χ2n) is 8.81. The van der Waals surface area contributed by atoms with E-state index < -0.39 is 17.7 Å². The summed E-state index contributed by atoms with van der Waals surface area (Å²) in [6.07, 6.45) is 0.878. The van der Waals surface area contributed by atoms with Crippen molar-refractivity contribution in [1.82, 2.24) is 0 Å². The maximum Gasteiger partial charge on any atom is 0.300 e. The average Bonchev–Trinajstić information content (AvgIpc) is 3.21. The Labute approximate surface area is 215 Å². The van der Waals surface area contributed by atoms with E-state index in [2.05, 4.69) is 0 Å². The highest BCUT2D eigenvalue weighted by Crippen LogP contribution is 2.43. The molecule has 1 N–H and O–H groups in total. The third-order valence-corrected chi connectivity index (χ3v) is 6.49. The van der Waals surface area contributed by atoms with E-state index in [9.17, 15) is 14.7 Å². The molecule has 5 rings (SSSR count). The van der Waals surface area contributed by atoms with Gasteiger partial charge in [-0.25, -0.2) is 0 Å². The molecule has 4 aromatic carbocycles. The fourth-order valence-electron chi connectivity index (χ4n) is 4.72. The molecule has 1 heterocycles. The lowest BCUT2D eigenvalue weighted by molar-refractivity contribution is -0.132. The van der Waals surface area contributed by atoms with Gasteiger partial charge in [0.2, 0.25) is 0 Å². The van der Waals surface area contributed by atoms with Gasteiger partial charge in [0.1, 0.15) is 17.3 Å². The Bertz CT molecular complexity index is 1500. The van der Waals surface area contributed by atoms with Crippen molar-refractivity contribution in [3.8, 4) is 11.5 Å². The third kappa shape index (κ3) is 4.42. The minimum Gasteiger partial charge on any atom is -0.507 e. The van der Waals surface area contributed by atoms with Crippen molar-refractivity contribution in [2.75, 3.05) is 18.6 Å². The molecule has 1 unspecified atom stereocenters. The SMILES string of the molecule is CCCOc1ccc(C2/C(=C(/O)c3cccc4ccccc34)C(=O)C(=O)N2c2cccc(OC)c2)cc1. The molecule has 0 spiro atoms. The van der Waals surface area contributed by atoms with Crippen LogP contribution in [0.25, 0.3) is 16.5 Å². The Morgan fingerprint density at radius 3 is 2.38 bits per heavy atom. The molecule has 0 radical (unpaired) electrons. The fraction of sp³-hybridized carbons (Fsp3) is 0.161. The first-order valence-corrected chi connectivity index (χ1v) is 12.2. The number of ether oxygens (including phenoxy) is 2. The highest BCUT2D eigenvalue weighted by Gasteiger charge is 2.47. The van der Waals surface area contributed by atoms with Crippen LogP contribution in [-0.2, 0) is 9.59 Å². The zero-order chi connectivity index (χ0) is 25.9. The van der Waals surface area contributed by atoms with Gasteiger partial charge >= 0.3 is 0 Å². The van der Waals surface area contributed by atoms with Crippen LogP contribution < -0.4 is 14.4 Å². The standard InChI is InChI=1S/C31H27NO5/c1-3-18-37-23-16-14-21(15-17-23)28-27(29(33)26-13-6-9-20-8-4-5-12-25(20)26)30(34)31(35)32(28)22-10-7-11-24(19-22)36-2/h4-17,19,28,33H,3,18H2,1-2H3/b29-27-. The quantitative estimate of drug-likeness (QED) is 0.187. The summed E-state index contributed by atoms with van der Waals surface area (Å²) in [5.41, 5.74) is 1.70. The van der Waals surface area contributed by atoms with Gasteiger partial charge in [-0.15, -0.1) is 0 Å². The van der Waals surface area contributed by atoms with E-state index in [1.165, 1.54) is 4.90 Å². The summed E-state index contributed by atoms with van der Waals surface area (Å²) >= 11 is 0. The zero-order valence-corrected chi connectivity index (χ0v) is 20.7. The number of carbonyl (C=O) groups excluding carboxylic acids is 2. The van der Waals surface area contributed by atoms with E-state index in [0.29, 0.717) is 34.9 Å². The van der Waals surface area contributed by atoms with Crippen molar-refractivity contribution in [2.45, 2.75) is 19.4 Å². The minimum atomic E-state index is -0.841. The summed E-state index contributed by atoms with van der Waals surface area (Å²) in [5.74, 6) is -0.429. The first-order chi connectivity index (χ1) is 18.0. The second kappa shape index (κ2) is 10.2. The number of rotatable bonds is 7. The van der Waals surface area contributed by atoms with Crippen LogP contribution in [0.1, 0.15) is 30.5 Å². The van der Waals surface area contributed by atoms with Gasteiger partial charge in [-0.05, 0) is 47.0 Å². The number of hydrogen-bond acceptors (Lipinski definition) is 5. The molecular formula is C31H27NO5. The lowest BCUT2D eigenvalue weighted by Crippen LogP contribution is -2.29. The van der Waals surface area contributed by atoms with Crippen LogP contribution in [0.5, 0.6) is 11.5 Å². The number of fused-ring (bicyclic) bond motifs is 1. The summed E-state index contributed by atoms with van der Waals surface area (Å²) in [4.78, 5) is 28.4. The van der Waals surface area contributed by atoms with Crippen LogP contribution in [-0.4, -0.2) is 30.5 Å². The Kier molecular flexibility index (Phi) is 6.64. The maximum absolute atomic E-state index is 13.5. The van der Waals surface area contributed by atoms with Gasteiger partial charge < -0.3 is 14.6 Å². The molecule has 186 valence electrons. The van der Waals surface area contributed by atoms with Crippen molar-refractivity contribution in [3.63, 3.8) is 0 Å². The largest absolute Gasteiger partial charge is 0.507 e. The highest BCUT2D eigenvalue weighted by molar-refractivity contribution is 6.51. The van der Waals surface area contributed by atoms with E-state index in [1.807, 2.05) is 67.6 Å². The molecule has 1 fully saturated rings. The van der Waals surface area contributed by atoms with Crippen molar-refractivity contribution in [1.29, 1.82) is 0 Å². The predicted molar refractivity (Wildman–Crippen MR) is 144 cm³/mol. The van der Waals surface area contributed by atoms with E-state index in [1.54, 1.807) is 37.4 Å². The van der Waals surface area contributed by atoms with E-state index in [4.69, 9.17) is 9.47 Å². The number of methoxy groups -OCH3 is 1. The molecule has 1 aliphatic heterocycles. The molecule has 0 bridgehead atoms. The van der Waals surface area contributed by atoms with Crippen LogP contribution in [0, 0.1) is 0 Å². The van der Waals surface area contributed by atoms with E-state index >= 15 is 0 Å². The fourth-order valence-corrected chi connectivity index (χ4v) is 4.72. The second-order valence-corrected chi connectivity index (χ2v) is 8.81. The van der Waals surface area contributed by atoms with Gasteiger partial charge in [0.25, 0.3) is 11.7 Å². The van der Waals surface area contributed by atoms with Crippen molar-refractivity contribution in [2.24, 2.45) is 0 Å². The van der Waals surface area contributed by atoms with E-state index in [-0.39, 0.29) is 11.3 Å². The summed E-state index contributed by atoms with van der Waals surface area (Å²) in [7, 11) is 1.54. The number of carbonyl (C=O) groups is 2. The van der Waals surface area contributed by atoms with Gasteiger partial charge in [-0.2, -0.15) is 0 Å². The lowest BCUT2D eigenvalue weighted by atomic mass is 9.93. The van der Waals surface area contributed by atoms with Gasteiger partial charge in [0.05, 0.1) is 25.3 Å². The lowest BCUT2D eigenvalue weighted by Gasteiger charge is -2.26. The molecule has 37 heavy (non-hydrogen) atoms. The van der Waals surface area contributed by atoms with Crippen molar-refractivity contribution >= 4 is 33.9 Å². The Morgan fingerprint density at radius 2 is 1.62 bits per heavy atom. The Hall–Kier alpha value is -4.58. The van der Waals surface area contributed by atoms with Gasteiger partial charge in [0.15, 0.2) is 0 Å². The van der Waals surface area contributed by atoms with Gasteiger partial charge in [-0.3, -0.25) is 14.5 Å². The van der Waals surface area contributed by atoms with Crippen LogP contribution in [0.2, 0.25) is 0 Å².